The molecule has 1 aliphatic rings. The Morgan fingerprint density at radius 2 is 1.89 bits per heavy atom. The molecular formula is C20H19BrN4O3. The van der Waals surface area contributed by atoms with Gasteiger partial charge in [0.25, 0.3) is 0 Å². The van der Waals surface area contributed by atoms with E-state index in [1.165, 1.54) is 4.90 Å². The number of amides is 3. The number of carbonyl (C=O) groups is 2. The molecule has 0 unspecified atom stereocenters. The lowest BCUT2D eigenvalue weighted by Gasteiger charge is -2.33. The summed E-state index contributed by atoms with van der Waals surface area (Å²) in [5.41, 5.74) is 1.77. The zero-order valence-electron chi connectivity index (χ0n) is 15.6. The molecule has 0 saturated carbocycles. The number of halogens is 1. The molecule has 4 rings (SSSR count). The fourth-order valence-corrected chi connectivity index (χ4v) is 3.72. The monoisotopic (exact) mass is 442 g/mol. The van der Waals surface area contributed by atoms with E-state index in [2.05, 4.69) is 21.0 Å². The summed E-state index contributed by atoms with van der Waals surface area (Å²) >= 11 is 3.46. The zero-order valence-corrected chi connectivity index (χ0v) is 17.1. The number of urea groups is 1. The van der Waals surface area contributed by atoms with Crippen LogP contribution in [0, 0.1) is 0 Å². The summed E-state index contributed by atoms with van der Waals surface area (Å²) < 4.78 is 7.84. The third-order valence-electron chi connectivity index (χ3n) is 4.86. The molecule has 0 radical (unpaired) electrons. The maximum absolute atomic E-state index is 13.1. The molecule has 2 heterocycles. The van der Waals surface area contributed by atoms with Gasteiger partial charge in [-0.25, -0.2) is 4.79 Å². The van der Waals surface area contributed by atoms with Crippen molar-refractivity contribution in [3.63, 3.8) is 0 Å². The van der Waals surface area contributed by atoms with Crippen LogP contribution in [0.15, 0.2) is 46.9 Å². The predicted octanol–water partition coefficient (Wildman–Crippen LogP) is 3.70. The number of fused-ring (bicyclic) bond motifs is 1. The van der Waals surface area contributed by atoms with Crippen LogP contribution in [0.3, 0.4) is 0 Å². The van der Waals surface area contributed by atoms with Gasteiger partial charge in [0.15, 0.2) is 5.82 Å². The lowest BCUT2D eigenvalue weighted by molar-refractivity contribution is -0.129. The molecule has 3 aromatic rings. The van der Waals surface area contributed by atoms with Crippen LogP contribution in [0.2, 0.25) is 0 Å². The van der Waals surface area contributed by atoms with Crippen LogP contribution in [0.5, 0.6) is 5.75 Å². The van der Waals surface area contributed by atoms with Crippen molar-refractivity contribution in [3.8, 4) is 5.75 Å². The topological polar surface area (TPSA) is 67.7 Å². The average Bonchev–Trinajstić information content (AvgIpc) is 3.01. The van der Waals surface area contributed by atoms with E-state index in [0.29, 0.717) is 12.4 Å². The highest BCUT2D eigenvalue weighted by Gasteiger charge is 2.35. The van der Waals surface area contributed by atoms with Crippen LogP contribution in [-0.2, 0) is 18.4 Å². The van der Waals surface area contributed by atoms with Gasteiger partial charge in [0, 0.05) is 29.9 Å². The van der Waals surface area contributed by atoms with Gasteiger partial charge in [-0.15, -0.1) is 0 Å². The normalized spacial score (nSPS) is 14.8. The average molecular weight is 443 g/mol. The fourth-order valence-electron chi connectivity index (χ4n) is 3.37. The molecular weight excluding hydrogens is 424 g/mol. The summed E-state index contributed by atoms with van der Waals surface area (Å²) in [6, 6.07) is 12.8. The van der Waals surface area contributed by atoms with Gasteiger partial charge in [0.05, 0.1) is 19.2 Å². The molecule has 1 aliphatic heterocycles. The first-order chi connectivity index (χ1) is 13.5. The molecule has 0 atom stereocenters. The Balaban J connectivity index is 1.64. The molecule has 0 N–H and O–H groups in total. The lowest BCUT2D eigenvalue weighted by atomic mass is 10.1. The van der Waals surface area contributed by atoms with Crippen molar-refractivity contribution in [2.75, 3.05) is 18.6 Å². The second-order valence-electron chi connectivity index (χ2n) is 6.62. The number of aryl methyl sites for hydroxylation is 1. The van der Waals surface area contributed by atoms with E-state index < -0.39 is 0 Å². The first kappa shape index (κ1) is 18.5. The van der Waals surface area contributed by atoms with E-state index in [0.717, 1.165) is 26.7 Å². The largest absolute Gasteiger partial charge is 0.497 e. The first-order valence-electron chi connectivity index (χ1n) is 8.85. The standard InChI is InChI=1S/C20H19BrN4O3/c1-23-17-11-14(21)5-8-16(17)19(22-23)24-10-9-18(26)25(20(24)27)12-13-3-6-15(28-2)7-4-13/h3-8,11H,9-10,12H2,1-2H3. The third kappa shape index (κ3) is 3.24. The number of nitrogens with zero attached hydrogens (tertiary/aromatic N) is 4. The van der Waals surface area contributed by atoms with Crippen molar-refractivity contribution in [2.24, 2.45) is 7.05 Å². The van der Waals surface area contributed by atoms with Crippen molar-refractivity contribution >= 4 is 44.6 Å². The number of hydrogen-bond donors (Lipinski definition) is 0. The Bertz CT molecular complexity index is 1060. The molecule has 3 amide bonds. The smallest absolute Gasteiger partial charge is 0.332 e. The SMILES string of the molecule is COc1ccc(CN2C(=O)CCN(c3nn(C)c4cc(Br)ccc34)C2=O)cc1. The summed E-state index contributed by atoms with van der Waals surface area (Å²) in [6.45, 7) is 0.535. The number of imide groups is 1. The minimum Gasteiger partial charge on any atom is -0.497 e. The van der Waals surface area contributed by atoms with E-state index in [1.807, 2.05) is 49.5 Å². The maximum atomic E-state index is 13.1. The van der Waals surface area contributed by atoms with Gasteiger partial charge in [-0.2, -0.15) is 5.10 Å². The van der Waals surface area contributed by atoms with Crippen LogP contribution in [0.25, 0.3) is 10.9 Å². The summed E-state index contributed by atoms with van der Waals surface area (Å²) in [4.78, 5) is 28.4. The van der Waals surface area contributed by atoms with Crippen molar-refractivity contribution in [1.29, 1.82) is 0 Å². The predicted molar refractivity (Wildman–Crippen MR) is 109 cm³/mol. The Hall–Kier alpha value is -2.87. The minimum atomic E-state index is -0.352. The quantitative estimate of drug-likeness (QED) is 0.617. The van der Waals surface area contributed by atoms with Gasteiger partial charge >= 0.3 is 6.03 Å². The lowest BCUT2D eigenvalue weighted by Crippen LogP contribution is -2.52. The van der Waals surface area contributed by atoms with E-state index in [-0.39, 0.29) is 24.9 Å². The van der Waals surface area contributed by atoms with E-state index >= 15 is 0 Å². The summed E-state index contributed by atoms with van der Waals surface area (Å²) in [6.07, 6.45) is 0.260. The van der Waals surface area contributed by atoms with Crippen LogP contribution in [0.4, 0.5) is 10.6 Å². The second-order valence-corrected chi connectivity index (χ2v) is 7.54. The number of ether oxygens (including phenoxy) is 1. The first-order valence-corrected chi connectivity index (χ1v) is 9.64. The number of aromatic nitrogens is 2. The Labute approximate surface area is 170 Å². The van der Waals surface area contributed by atoms with Gasteiger partial charge in [0.2, 0.25) is 5.91 Å². The van der Waals surface area contributed by atoms with Crippen LogP contribution in [-0.4, -0.2) is 40.3 Å². The number of benzene rings is 2. The third-order valence-corrected chi connectivity index (χ3v) is 5.35. The highest BCUT2D eigenvalue weighted by atomic mass is 79.9. The Kier molecular flexibility index (Phi) is 4.80. The highest BCUT2D eigenvalue weighted by molar-refractivity contribution is 9.10. The van der Waals surface area contributed by atoms with Crippen molar-refractivity contribution < 1.29 is 14.3 Å². The minimum absolute atomic E-state index is 0.181. The maximum Gasteiger partial charge on any atom is 0.332 e. The molecule has 7 nitrogen and oxygen atoms in total. The molecule has 0 aliphatic carbocycles. The molecule has 8 heteroatoms. The van der Waals surface area contributed by atoms with Gasteiger partial charge < -0.3 is 4.74 Å². The molecule has 1 saturated heterocycles. The zero-order chi connectivity index (χ0) is 19.8. The number of methoxy groups -OCH3 is 1. The van der Waals surface area contributed by atoms with Crippen molar-refractivity contribution in [2.45, 2.75) is 13.0 Å². The van der Waals surface area contributed by atoms with E-state index in [4.69, 9.17) is 4.74 Å². The summed E-state index contributed by atoms with van der Waals surface area (Å²) in [5, 5.41) is 5.41. The molecule has 1 aromatic heterocycles. The molecule has 0 bridgehead atoms. The summed E-state index contributed by atoms with van der Waals surface area (Å²) in [7, 11) is 3.44. The Morgan fingerprint density at radius 3 is 2.61 bits per heavy atom. The highest BCUT2D eigenvalue weighted by Crippen LogP contribution is 2.30. The number of hydrogen-bond acceptors (Lipinski definition) is 4. The molecule has 1 fully saturated rings. The summed E-state index contributed by atoms with van der Waals surface area (Å²) in [5.74, 6) is 1.12. The Morgan fingerprint density at radius 1 is 1.14 bits per heavy atom. The molecule has 28 heavy (non-hydrogen) atoms. The van der Waals surface area contributed by atoms with Crippen LogP contribution < -0.4 is 9.64 Å². The van der Waals surface area contributed by atoms with Crippen LogP contribution in [0.1, 0.15) is 12.0 Å². The van der Waals surface area contributed by atoms with E-state index in [9.17, 15) is 9.59 Å². The van der Waals surface area contributed by atoms with Gasteiger partial charge in [-0.3, -0.25) is 19.3 Å². The molecule has 0 spiro atoms. The molecule has 144 valence electrons. The van der Waals surface area contributed by atoms with Crippen LogP contribution >= 0.6 is 15.9 Å². The van der Waals surface area contributed by atoms with Gasteiger partial charge in [0.1, 0.15) is 5.75 Å². The fraction of sp³-hybridized carbons (Fsp3) is 0.250. The number of anilines is 1. The van der Waals surface area contributed by atoms with E-state index in [1.54, 1.807) is 16.7 Å². The van der Waals surface area contributed by atoms with Gasteiger partial charge in [-0.1, -0.05) is 28.1 Å². The van der Waals surface area contributed by atoms with Gasteiger partial charge in [-0.05, 0) is 35.9 Å². The molecule has 2 aromatic carbocycles. The van der Waals surface area contributed by atoms with Crippen molar-refractivity contribution in [1.82, 2.24) is 14.7 Å². The number of carbonyl (C=O) groups excluding carboxylic acids is 2. The number of rotatable bonds is 4. The van der Waals surface area contributed by atoms with Crippen molar-refractivity contribution in [3.05, 3.63) is 52.5 Å². The second kappa shape index (κ2) is 7.27.